The van der Waals surface area contributed by atoms with Crippen LogP contribution in [0.25, 0.3) is 10.9 Å². The van der Waals surface area contributed by atoms with Crippen LogP contribution < -0.4 is 15.8 Å². The van der Waals surface area contributed by atoms with E-state index in [-0.39, 0.29) is 6.10 Å². The molecule has 4 rings (SSSR count). The van der Waals surface area contributed by atoms with Crippen LogP contribution in [0.15, 0.2) is 36.8 Å². The van der Waals surface area contributed by atoms with E-state index in [1.165, 1.54) is 6.33 Å². The zero-order valence-corrected chi connectivity index (χ0v) is 18.2. The van der Waals surface area contributed by atoms with Gasteiger partial charge in [-0.25, -0.2) is 15.0 Å². The van der Waals surface area contributed by atoms with Crippen LogP contribution in [0.2, 0.25) is 0 Å². The van der Waals surface area contributed by atoms with Gasteiger partial charge in [0, 0.05) is 17.3 Å². The van der Waals surface area contributed by atoms with Crippen molar-refractivity contribution in [3.05, 3.63) is 42.4 Å². The van der Waals surface area contributed by atoms with Gasteiger partial charge in [0.15, 0.2) is 0 Å². The van der Waals surface area contributed by atoms with Gasteiger partial charge in [-0.05, 0) is 49.3 Å². The predicted octanol–water partition coefficient (Wildman–Crippen LogP) is 3.43. The molecule has 3 heterocycles. The van der Waals surface area contributed by atoms with Crippen LogP contribution in [0, 0.1) is 6.92 Å². The molecule has 1 aliphatic rings. The Labute approximate surface area is 180 Å². The average molecular weight is 430 g/mol. The standard InChI is InChI=1S/C19H21N5O3.C2H6S/c1-12-7-13(20)8-16-17(12)18(23-11-22-16)24-15-3-2-4-21-19(15)27-14-9-25-5-6-26-10-14;1-3-2/h2-4,7-8,11,14H,5-6,9-10,20H2,1H3,(H,22,23,24);1-2H3. The van der Waals surface area contributed by atoms with Crippen molar-refractivity contribution < 1.29 is 14.2 Å². The molecule has 1 aromatic carbocycles. The second kappa shape index (κ2) is 11.0. The van der Waals surface area contributed by atoms with Crippen molar-refractivity contribution in [2.24, 2.45) is 0 Å². The predicted molar refractivity (Wildman–Crippen MR) is 122 cm³/mol. The lowest BCUT2D eigenvalue weighted by Crippen LogP contribution is -2.26. The molecule has 1 saturated heterocycles. The van der Waals surface area contributed by atoms with E-state index in [1.54, 1.807) is 18.0 Å². The molecule has 160 valence electrons. The van der Waals surface area contributed by atoms with Gasteiger partial charge in [0.05, 0.1) is 31.9 Å². The van der Waals surface area contributed by atoms with E-state index in [0.29, 0.717) is 49.5 Å². The highest BCUT2D eigenvalue weighted by molar-refractivity contribution is 7.97. The first-order valence-corrected chi connectivity index (χ1v) is 11.2. The maximum absolute atomic E-state index is 6.01. The molecule has 3 N–H and O–H groups in total. The van der Waals surface area contributed by atoms with Crippen LogP contribution in [0.3, 0.4) is 0 Å². The number of nitrogens with zero attached hydrogens (tertiary/aromatic N) is 3. The summed E-state index contributed by atoms with van der Waals surface area (Å²) in [6, 6.07) is 7.46. The highest BCUT2D eigenvalue weighted by atomic mass is 32.2. The maximum atomic E-state index is 6.01. The number of anilines is 3. The lowest BCUT2D eigenvalue weighted by atomic mass is 10.1. The first-order chi connectivity index (χ1) is 14.6. The Hall–Kier alpha value is -2.62. The van der Waals surface area contributed by atoms with Gasteiger partial charge in [0.2, 0.25) is 5.88 Å². The molecular formula is C21H27N5O3S. The number of fused-ring (bicyclic) bond motifs is 1. The van der Waals surface area contributed by atoms with Gasteiger partial charge in [-0.15, -0.1) is 0 Å². The van der Waals surface area contributed by atoms with Crippen LogP contribution in [-0.4, -0.2) is 60.0 Å². The first-order valence-electron chi connectivity index (χ1n) is 9.57. The number of benzene rings is 1. The van der Waals surface area contributed by atoms with Crippen molar-refractivity contribution in [3.63, 3.8) is 0 Å². The molecule has 3 aromatic rings. The molecule has 0 saturated carbocycles. The van der Waals surface area contributed by atoms with Gasteiger partial charge in [0.25, 0.3) is 0 Å². The highest BCUT2D eigenvalue weighted by Crippen LogP contribution is 2.31. The van der Waals surface area contributed by atoms with E-state index < -0.39 is 0 Å². The van der Waals surface area contributed by atoms with E-state index in [2.05, 4.69) is 20.3 Å². The van der Waals surface area contributed by atoms with Crippen molar-refractivity contribution >= 4 is 39.9 Å². The lowest BCUT2D eigenvalue weighted by Gasteiger charge is -2.18. The summed E-state index contributed by atoms with van der Waals surface area (Å²) >= 11 is 1.75. The summed E-state index contributed by atoms with van der Waals surface area (Å²) in [5.41, 5.74) is 9.08. The number of ether oxygens (including phenoxy) is 3. The Balaban J connectivity index is 0.000000806. The number of nitrogens with one attached hydrogen (secondary N) is 1. The Kier molecular flexibility index (Phi) is 8.06. The number of rotatable bonds is 4. The number of hydrogen-bond acceptors (Lipinski definition) is 9. The van der Waals surface area contributed by atoms with Crippen molar-refractivity contribution in [2.75, 3.05) is 50.0 Å². The fourth-order valence-corrected chi connectivity index (χ4v) is 3.04. The monoisotopic (exact) mass is 429 g/mol. The van der Waals surface area contributed by atoms with Crippen molar-refractivity contribution in [1.29, 1.82) is 0 Å². The van der Waals surface area contributed by atoms with Gasteiger partial charge >= 0.3 is 0 Å². The summed E-state index contributed by atoms with van der Waals surface area (Å²) in [6.45, 7) is 4.05. The molecular weight excluding hydrogens is 402 g/mol. The molecule has 0 amide bonds. The molecule has 8 nitrogen and oxygen atoms in total. The largest absolute Gasteiger partial charge is 0.468 e. The Bertz CT molecular complexity index is 965. The van der Waals surface area contributed by atoms with Crippen molar-refractivity contribution in [1.82, 2.24) is 15.0 Å². The van der Waals surface area contributed by atoms with Crippen LogP contribution in [-0.2, 0) is 9.47 Å². The molecule has 0 bridgehead atoms. The number of aromatic nitrogens is 3. The number of aryl methyl sites for hydroxylation is 1. The molecule has 1 fully saturated rings. The lowest BCUT2D eigenvalue weighted by molar-refractivity contribution is 0.0573. The van der Waals surface area contributed by atoms with E-state index in [0.717, 1.165) is 16.5 Å². The van der Waals surface area contributed by atoms with Gasteiger partial charge in [-0.3, -0.25) is 0 Å². The minimum Gasteiger partial charge on any atom is -0.468 e. The highest BCUT2D eigenvalue weighted by Gasteiger charge is 2.18. The number of hydrogen-bond donors (Lipinski definition) is 2. The number of nitrogens with two attached hydrogens (primary N) is 1. The first kappa shape index (κ1) is 22.1. The average Bonchev–Trinajstić information content (AvgIpc) is 2.98. The van der Waals surface area contributed by atoms with E-state index in [9.17, 15) is 0 Å². The Morgan fingerprint density at radius 2 is 1.87 bits per heavy atom. The molecule has 0 radical (unpaired) electrons. The van der Waals surface area contributed by atoms with Gasteiger partial charge in [-0.1, -0.05) is 0 Å². The van der Waals surface area contributed by atoms with E-state index in [1.807, 2.05) is 43.7 Å². The molecule has 30 heavy (non-hydrogen) atoms. The third-order valence-corrected chi connectivity index (χ3v) is 4.24. The minimum absolute atomic E-state index is 0.216. The molecule has 2 aromatic heterocycles. The SMILES string of the molecule is CSC.Cc1cc(N)cc2ncnc(Nc3cccnc3OC3COCCOC3)c12. The van der Waals surface area contributed by atoms with Gasteiger partial charge in [-0.2, -0.15) is 11.8 Å². The quantitative estimate of drug-likeness (QED) is 0.604. The molecule has 0 atom stereocenters. The van der Waals surface area contributed by atoms with Gasteiger partial charge in [0.1, 0.15) is 23.9 Å². The Morgan fingerprint density at radius 1 is 1.13 bits per heavy atom. The van der Waals surface area contributed by atoms with Crippen molar-refractivity contribution in [3.8, 4) is 5.88 Å². The number of nitrogen functional groups attached to an aromatic ring is 1. The van der Waals surface area contributed by atoms with E-state index in [4.69, 9.17) is 19.9 Å². The molecule has 0 spiro atoms. The second-order valence-corrected chi connectivity index (χ2v) is 7.55. The summed E-state index contributed by atoms with van der Waals surface area (Å²) in [5.74, 6) is 1.14. The van der Waals surface area contributed by atoms with Crippen LogP contribution in [0.1, 0.15) is 5.56 Å². The summed E-state index contributed by atoms with van der Waals surface area (Å²) in [7, 11) is 0. The second-order valence-electron chi connectivity index (χ2n) is 6.73. The fraction of sp³-hybridized carbons (Fsp3) is 0.381. The molecule has 9 heteroatoms. The van der Waals surface area contributed by atoms with Crippen molar-refractivity contribution in [2.45, 2.75) is 13.0 Å². The topological polar surface area (TPSA) is 104 Å². The molecule has 0 unspecified atom stereocenters. The third-order valence-electron chi connectivity index (χ3n) is 4.24. The summed E-state index contributed by atoms with van der Waals surface area (Å²) in [4.78, 5) is 13.1. The molecule has 1 aliphatic heterocycles. The van der Waals surface area contributed by atoms with Crippen LogP contribution >= 0.6 is 11.8 Å². The summed E-state index contributed by atoms with van der Waals surface area (Å²) in [6.07, 6.45) is 7.06. The zero-order valence-electron chi connectivity index (χ0n) is 17.4. The maximum Gasteiger partial charge on any atom is 0.238 e. The summed E-state index contributed by atoms with van der Waals surface area (Å²) < 4.78 is 17.0. The Morgan fingerprint density at radius 3 is 2.60 bits per heavy atom. The van der Waals surface area contributed by atoms with Gasteiger partial charge < -0.3 is 25.3 Å². The zero-order chi connectivity index (χ0) is 21.3. The smallest absolute Gasteiger partial charge is 0.238 e. The van der Waals surface area contributed by atoms with Crippen LogP contribution in [0.4, 0.5) is 17.2 Å². The summed E-state index contributed by atoms with van der Waals surface area (Å²) in [5, 5.41) is 4.23. The third kappa shape index (κ3) is 5.71. The molecule has 0 aliphatic carbocycles. The minimum atomic E-state index is -0.216. The fourth-order valence-electron chi connectivity index (χ4n) is 3.04. The number of pyridine rings is 1. The van der Waals surface area contributed by atoms with E-state index >= 15 is 0 Å². The van der Waals surface area contributed by atoms with Crippen LogP contribution in [0.5, 0.6) is 5.88 Å². The normalized spacial score (nSPS) is 14.5. The number of thioether (sulfide) groups is 1.